The van der Waals surface area contributed by atoms with E-state index < -0.39 is 11.9 Å². The van der Waals surface area contributed by atoms with Gasteiger partial charge in [0.15, 0.2) is 10.8 Å². The summed E-state index contributed by atoms with van der Waals surface area (Å²) in [5, 5.41) is 3.16. The largest absolute Gasteiger partial charge is 0.494 e. The molecule has 0 fully saturated rings. The van der Waals surface area contributed by atoms with Gasteiger partial charge in [0.25, 0.3) is 0 Å². The molecule has 0 saturated heterocycles. The Labute approximate surface area is 128 Å². The zero-order chi connectivity index (χ0) is 16.0. The summed E-state index contributed by atoms with van der Waals surface area (Å²) in [5.41, 5.74) is -1.000. The standard InChI is InChI=1S/C14H13F3N2O2S/c15-14(16,17)11-9-22-13(18-11)19-12(20)7-4-8-21-10-5-2-1-3-6-10/h1-3,5-6,9H,4,7-8H2,(H,18,19,20). The fourth-order valence-corrected chi connectivity index (χ4v) is 2.32. The van der Waals surface area contributed by atoms with Crippen molar-refractivity contribution in [3.05, 3.63) is 41.4 Å². The maximum Gasteiger partial charge on any atom is 0.434 e. The number of aromatic nitrogens is 1. The van der Waals surface area contributed by atoms with Gasteiger partial charge in [-0.3, -0.25) is 4.79 Å². The van der Waals surface area contributed by atoms with E-state index in [-0.39, 0.29) is 17.5 Å². The molecule has 1 heterocycles. The highest BCUT2D eigenvalue weighted by atomic mass is 32.1. The normalized spacial score (nSPS) is 11.2. The molecule has 2 rings (SSSR count). The number of carbonyl (C=O) groups excluding carboxylic acids is 1. The molecule has 1 aromatic heterocycles. The number of rotatable bonds is 6. The molecule has 118 valence electrons. The van der Waals surface area contributed by atoms with Gasteiger partial charge in [0.2, 0.25) is 5.91 Å². The summed E-state index contributed by atoms with van der Waals surface area (Å²) in [6, 6.07) is 9.14. The Morgan fingerprint density at radius 3 is 2.64 bits per heavy atom. The van der Waals surface area contributed by atoms with Crippen molar-refractivity contribution in [2.24, 2.45) is 0 Å². The lowest BCUT2D eigenvalue weighted by Gasteiger charge is -2.05. The first-order valence-corrected chi connectivity index (χ1v) is 7.33. The molecule has 1 N–H and O–H groups in total. The van der Waals surface area contributed by atoms with E-state index >= 15 is 0 Å². The molecule has 0 saturated carbocycles. The van der Waals surface area contributed by atoms with Crippen LogP contribution >= 0.6 is 11.3 Å². The van der Waals surface area contributed by atoms with E-state index in [2.05, 4.69) is 10.3 Å². The van der Waals surface area contributed by atoms with Crippen LogP contribution in [0.15, 0.2) is 35.7 Å². The molecule has 0 aliphatic rings. The highest BCUT2D eigenvalue weighted by molar-refractivity contribution is 7.13. The van der Waals surface area contributed by atoms with E-state index in [0.29, 0.717) is 18.8 Å². The summed E-state index contributed by atoms with van der Waals surface area (Å²) < 4.78 is 42.5. The van der Waals surface area contributed by atoms with Crippen LogP contribution in [-0.2, 0) is 11.0 Å². The van der Waals surface area contributed by atoms with E-state index in [4.69, 9.17) is 4.74 Å². The average molecular weight is 330 g/mol. The lowest BCUT2D eigenvalue weighted by atomic mass is 10.3. The third-order valence-electron chi connectivity index (χ3n) is 2.60. The Kier molecular flexibility index (Phi) is 5.37. The summed E-state index contributed by atoms with van der Waals surface area (Å²) >= 11 is 0.747. The topological polar surface area (TPSA) is 51.2 Å². The van der Waals surface area contributed by atoms with Crippen LogP contribution in [-0.4, -0.2) is 17.5 Å². The second kappa shape index (κ2) is 7.26. The van der Waals surface area contributed by atoms with Gasteiger partial charge in [0.05, 0.1) is 6.61 Å². The molecular weight excluding hydrogens is 317 g/mol. The van der Waals surface area contributed by atoms with Crippen molar-refractivity contribution in [1.29, 1.82) is 0 Å². The number of amides is 1. The number of para-hydroxylation sites is 1. The molecule has 1 amide bonds. The average Bonchev–Trinajstić information content (AvgIpc) is 2.93. The molecule has 0 radical (unpaired) electrons. The Morgan fingerprint density at radius 1 is 1.27 bits per heavy atom. The molecule has 0 spiro atoms. The van der Waals surface area contributed by atoms with Crippen molar-refractivity contribution in [3.63, 3.8) is 0 Å². The molecular formula is C14H13F3N2O2S. The van der Waals surface area contributed by atoms with Gasteiger partial charge in [0.1, 0.15) is 5.75 Å². The van der Waals surface area contributed by atoms with Crippen molar-refractivity contribution >= 4 is 22.4 Å². The number of alkyl halides is 3. The minimum atomic E-state index is -4.50. The first-order valence-electron chi connectivity index (χ1n) is 6.45. The number of nitrogens with one attached hydrogen (secondary N) is 1. The molecule has 2 aromatic rings. The lowest BCUT2D eigenvalue weighted by Crippen LogP contribution is -2.13. The monoisotopic (exact) mass is 330 g/mol. The highest BCUT2D eigenvalue weighted by Crippen LogP contribution is 2.31. The third kappa shape index (κ3) is 5.03. The quantitative estimate of drug-likeness (QED) is 0.816. The smallest absolute Gasteiger partial charge is 0.434 e. The van der Waals surface area contributed by atoms with Crippen molar-refractivity contribution in [2.75, 3.05) is 11.9 Å². The van der Waals surface area contributed by atoms with Crippen LogP contribution in [0.4, 0.5) is 18.3 Å². The van der Waals surface area contributed by atoms with E-state index in [1.165, 1.54) is 0 Å². The van der Waals surface area contributed by atoms with Crippen molar-refractivity contribution < 1.29 is 22.7 Å². The van der Waals surface area contributed by atoms with E-state index in [1.807, 2.05) is 18.2 Å². The van der Waals surface area contributed by atoms with E-state index in [1.54, 1.807) is 12.1 Å². The van der Waals surface area contributed by atoms with Gasteiger partial charge >= 0.3 is 6.18 Å². The molecule has 0 bridgehead atoms. The summed E-state index contributed by atoms with van der Waals surface area (Å²) in [6.07, 6.45) is -3.89. The fourth-order valence-electron chi connectivity index (χ4n) is 1.58. The summed E-state index contributed by atoms with van der Waals surface area (Å²) in [7, 11) is 0. The van der Waals surface area contributed by atoms with Crippen LogP contribution in [0.5, 0.6) is 5.75 Å². The predicted octanol–water partition coefficient (Wildman–Crippen LogP) is 3.96. The lowest BCUT2D eigenvalue weighted by molar-refractivity contribution is -0.140. The predicted molar refractivity (Wildman–Crippen MR) is 76.9 cm³/mol. The number of nitrogens with zero attached hydrogens (tertiary/aromatic N) is 1. The second-order valence-corrected chi connectivity index (χ2v) is 5.21. The molecule has 1 aromatic carbocycles. The zero-order valence-electron chi connectivity index (χ0n) is 11.4. The summed E-state index contributed by atoms with van der Waals surface area (Å²) in [5.74, 6) is 0.317. The van der Waals surface area contributed by atoms with Crippen LogP contribution in [0.3, 0.4) is 0 Å². The number of carbonyl (C=O) groups is 1. The minimum absolute atomic E-state index is 0.0543. The van der Waals surface area contributed by atoms with Crippen LogP contribution in [0.1, 0.15) is 18.5 Å². The van der Waals surface area contributed by atoms with Crippen LogP contribution in [0.2, 0.25) is 0 Å². The number of thiazole rings is 1. The van der Waals surface area contributed by atoms with E-state index in [9.17, 15) is 18.0 Å². The van der Waals surface area contributed by atoms with Crippen molar-refractivity contribution in [2.45, 2.75) is 19.0 Å². The van der Waals surface area contributed by atoms with Gasteiger partial charge in [0, 0.05) is 11.8 Å². The number of hydrogen-bond donors (Lipinski definition) is 1. The van der Waals surface area contributed by atoms with Gasteiger partial charge < -0.3 is 10.1 Å². The molecule has 0 unspecified atom stereocenters. The van der Waals surface area contributed by atoms with Gasteiger partial charge in [-0.1, -0.05) is 18.2 Å². The maximum absolute atomic E-state index is 12.4. The minimum Gasteiger partial charge on any atom is -0.494 e. The van der Waals surface area contributed by atoms with Crippen molar-refractivity contribution in [3.8, 4) is 5.75 Å². The van der Waals surface area contributed by atoms with Gasteiger partial charge in [-0.15, -0.1) is 11.3 Å². The molecule has 22 heavy (non-hydrogen) atoms. The Bertz CT molecular complexity index is 614. The Hall–Kier alpha value is -2.09. The molecule has 0 aliphatic carbocycles. The van der Waals surface area contributed by atoms with Crippen LogP contribution in [0.25, 0.3) is 0 Å². The van der Waals surface area contributed by atoms with Gasteiger partial charge in [-0.05, 0) is 18.6 Å². The summed E-state index contributed by atoms with van der Waals surface area (Å²) in [6.45, 7) is 0.350. The highest BCUT2D eigenvalue weighted by Gasteiger charge is 2.33. The first-order chi connectivity index (χ1) is 10.4. The number of ether oxygens (including phenoxy) is 1. The van der Waals surface area contributed by atoms with Crippen LogP contribution < -0.4 is 10.1 Å². The fraction of sp³-hybridized carbons (Fsp3) is 0.286. The molecule has 0 aliphatic heterocycles. The van der Waals surface area contributed by atoms with Gasteiger partial charge in [-0.25, -0.2) is 4.98 Å². The number of hydrogen-bond acceptors (Lipinski definition) is 4. The Morgan fingerprint density at radius 2 is 2.00 bits per heavy atom. The van der Waals surface area contributed by atoms with E-state index in [0.717, 1.165) is 16.7 Å². The SMILES string of the molecule is O=C(CCCOc1ccccc1)Nc1nc(C(F)(F)F)cs1. The maximum atomic E-state index is 12.4. The Balaban J connectivity index is 1.71. The summed E-state index contributed by atoms with van der Waals surface area (Å²) in [4.78, 5) is 14.9. The zero-order valence-corrected chi connectivity index (χ0v) is 12.2. The molecule has 8 heteroatoms. The number of benzene rings is 1. The second-order valence-electron chi connectivity index (χ2n) is 4.35. The third-order valence-corrected chi connectivity index (χ3v) is 3.36. The number of anilines is 1. The molecule has 0 atom stereocenters. The number of halogens is 3. The first kappa shape index (κ1) is 16.3. The van der Waals surface area contributed by atoms with Crippen LogP contribution in [0, 0.1) is 0 Å². The van der Waals surface area contributed by atoms with Gasteiger partial charge in [-0.2, -0.15) is 13.2 Å². The molecule has 4 nitrogen and oxygen atoms in total. The van der Waals surface area contributed by atoms with Crippen molar-refractivity contribution in [1.82, 2.24) is 4.98 Å².